The van der Waals surface area contributed by atoms with Crippen LogP contribution in [0.3, 0.4) is 0 Å². The molecule has 1 N–H and O–H groups in total. The van der Waals surface area contributed by atoms with Crippen LogP contribution in [0.4, 0.5) is 0 Å². The van der Waals surface area contributed by atoms with Gasteiger partial charge in [0.2, 0.25) is 0 Å². The molecule has 1 aromatic rings. The molecule has 4 nitrogen and oxygen atoms in total. The lowest BCUT2D eigenvalue weighted by molar-refractivity contribution is -0.131. The third-order valence-electron chi connectivity index (χ3n) is 2.38. The molecule has 0 aliphatic carbocycles. The fourth-order valence-corrected chi connectivity index (χ4v) is 1.88. The van der Waals surface area contributed by atoms with E-state index in [0.717, 1.165) is 29.1 Å². The van der Waals surface area contributed by atoms with E-state index >= 15 is 0 Å². The molecule has 1 rings (SSSR count). The molecule has 0 heterocycles. The molecule has 104 valence electrons. The van der Waals surface area contributed by atoms with Crippen LogP contribution in [0.15, 0.2) is 28.7 Å². The minimum absolute atomic E-state index is 0.605. The van der Waals surface area contributed by atoms with Crippen LogP contribution in [0.25, 0.3) is 6.08 Å². The Labute approximate surface area is 121 Å². The van der Waals surface area contributed by atoms with Crippen molar-refractivity contribution in [2.24, 2.45) is 0 Å². The van der Waals surface area contributed by atoms with Gasteiger partial charge in [-0.2, -0.15) is 0 Å². The molecule has 0 amide bonds. The fourth-order valence-electron chi connectivity index (χ4n) is 1.50. The summed E-state index contributed by atoms with van der Waals surface area (Å²) in [6.07, 6.45) is 3.56. The first-order valence-corrected chi connectivity index (χ1v) is 6.76. The van der Waals surface area contributed by atoms with Crippen molar-refractivity contribution in [2.75, 3.05) is 27.2 Å². The Bertz CT molecular complexity index is 458. The van der Waals surface area contributed by atoms with Crippen LogP contribution < -0.4 is 4.74 Å². The van der Waals surface area contributed by atoms with Gasteiger partial charge in [0, 0.05) is 22.7 Å². The zero-order valence-electron chi connectivity index (χ0n) is 11.1. The van der Waals surface area contributed by atoms with Gasteiger partial charge < -0.3 is 14.7 Å². The van der Waals surface area contributed by atoms with Crippen molar-refractivity contribution in [2.45, 2.75) is 6.42 Å². The number of ether oxygens (including phenoxy) is 1. The van der Waals surface area contributed by atoms with Crippen molar-refractivity contribution in [3.8, 4) is 5.75 Å². The maximum Gasteiger partial charge on any atom is 0.328 e. The van der Waals surface area contributed by atoms with Crippen molar-refractivity contribution in [1.82, 2.24) is 4.90 Å². The molecule has 0 atom stereocenters. The molecule has 0 fully saturated rings. The summed E-state index contributed by atoms with van der Waals surface area (Å²) in [6, 6.07) is 5.54. The van der Waals surface area contributed by atoms with Crippen molar-refractivity contribution in [3.05, 3.63) is 34.3 Å². The van der Waals surface area contributed by atoms with Crippen molar-refractivity contribution < 1.29 is 14.6 Å². The average Bonchev–Trinajstić information content (AvgIpc) is 2.33. The second kappa shape index (κ2) is 7.96. The van der Waals surface area contributed by atoms with Gasteiger partial charge in [0.05, 0.1) is 6.61 Å². The predicted octanol–water partition coefficient (Wildman–Crippen LogP) is 2.88. The lowest BCUT2D eigenvalue weighted by Gasteiger charge is -2.12. The minimum atomic E-state index is -0.974. The van der Waals surface area contributed by atoms with Crippen LogP contribution in [-0.4, -0.2) is 43.2 Å². The molecular weight excluding hydrogens is 310 g/mol. The number of hydrogen-bond acceptors (Lipinski definition) is 3. The molecule has 0 radical (unpaired) electrons. The maximum absolute atomic E-state index is 10.6. The Morgan fingerprint density at radius 3 is 2.84 bits per heavy atom. The van der Waals surface area contributed by atoms with E-state index in [4.69, 9.17) is 9.84 Å². The monoisotopic (exact) mass is 327 g/mol. The number of halogens is 1. The third-order valence-corrected chi connectivity index (χ3v) is 2.88. The van der Waals surface area contributed by atoms with Gasteiger partial charge >= 0.3 is 5.97 Å². The van der Waals surface area contributed by atoms with E-state index in [-0.39, 0.29) is 0 Å². The van der Waals surface area contributed by atoms with Gasteiger partial charge in [-0.15, -0.1) is 0 Å². The van der Waals surface area contributed by atoms with Crippen LogP contribution in [0.1, 0.15) is 12.0 Å². The highest BCUT2D eigenvalue weighted by atomic mass is 79.9. The summed E-state index contributed by atoms with van der Waals surface area (Å²) < 4.78 is 6.57. The summed E-state index contributed by atoms with van der Waals surface area (Å²) in [4.78, 5) is 12.7. The van der Waals surface area contributed by atoms with Gasteiger partial charge in [-0.05, 0) is 44.8 Å². The number of carbonyl (C=O) groups is 1. The van der Waals surface area contributed by atoms with Crippen LogP contribution in [-0.2, 0) is 4.79 Å². The highest BCUT2D eigenvalue weighted by Gasteiger charge is 2.03. The predicted molar refractivity (Wildman–Crippen MR) is 79.5 cm³/mol. The van der Waals surface area contributed by atoms with Crippen molar-refractivity contribution in [1.29, 1.82) is 0 Å². The van der Waals surface area contributed by atoms with E-state index in [1.165, 1.54) is 6.08 Å². The first-order valence-electron chi connectivity index (χ1n) is 5.97. The van der Waals surface area contributed by atoms with Crippen molar-refractivity contribution >= 4 is 28.0 Å². The van der Waals surface area contributed by atoms with E-state index in [1.54, 1.807) is 0 Å². The summed E-state index contributed by atoms with van der Waals surface area (Å²) in [6.45, 7) is 1.56. The zero-order chi connectivity index (χ0) is 14.3. The molecule has 0 aliphatic rings. The zero-order valence-corrected chi connectivity index (χ0v) is 12.7. The molecule has 0 saturated heterocycles. The number of rotatable bonds is 7. The second-order valence-corrected chi connectivity index (χ2v) is 5.27. The van der Waals surface area contributed by atoms with Crippen LogP contribution in [0.2, 0.25) is 0 Å². The molecule has 19 heavy (non-hydrogen) atoms. The maximum atomic E-state index is 10.6. The fraction of sp³-hybridized carbons (Fsp3) is 0.357. The molecule has 0 saturated carbocycles. The summed E-state index contributed by atoms with van der Waals surface area (Å²) >= 11 is 3.36. The van der Waals surface area contributed by atoms with E-state index in [9.17, 15) is 4.79 Å². The summed E-state index contributed by atoms with van der Waals surface area (Å²) in [5.74, 6) is -0.280. The largest absolute Gasteiger partial charge is 0.493 e. The Morgan fingerprint density at radius 2 is 2.21 bits per heavy atom. The molecule has 0 aliphatic heterocycles. The number of aliphatic carboxylic acids is 1. The van der Waals surface area contributed by atoms with E-state index in [1.807, 2.05) is 32.3 Å². The Morgan fingerprint density at radius 1 is 1.47 bits per heavy atom. The van der Waals surface area contributed by atoms with Gasteiger partial charge in [0.15, 0.2) is 0 Å². The highest BCUT2D eigenvalue weighted by molar-refractivity contribution is 9.10. The molecule has 5 heteroatoms. The number of hydrogen-bond donors (Lipinski definition) is 1. The second-order valence-electron chi connectivity index (χ2n) is 4.36. The van der Waals surface area contributed by atoms with Crippen LogP contribution in [0, 0.1) is 0 Å². The summed E-state index contributed by atoms with van der Waals surface area (Å²) in [7, 11) is 4.03. The smallest absolute Gasteiger partial charge is 0.328 e. The molecule has 0 aromatic heterocycles. The van der Waals surface area contributed by atoms with Crippen LogP contribution >= 0.6 is 15.9 Å². The number of carboxylic acid groups (broad SMARTS) is 1. The van der Waals surface area contributed by atoms with E-state index < -0.39 is 5.97 Å². The normalized spacial score (nSPS) is 11.2. The van der Waals surface area contributed by atoms with E-state index in [0.29, 0.717) is 12.4 Å². The van der Waals surface area contributed by atoms with E-state index in [2.05, 4.69) is 20.8 Å². The first kappa shape index (κ1) is 15.7. The van der Waals surface area contributed by atoms with Crippen molar-refractivity contribution in [3.63, 3.8) is 0 Å². The Hall–Kier alpha value is -1.33. The Balaban J connectivity index is 2.68. The molecule has 0 unspecified atom stereocenters. The standard InChI is InChI=1S/C14H18BrNO3/c1-16(2)8-3-9-19-13-6-5-12(15)10-11(13)4-7-14(17)18/h4-7,10H,3,8-9H2,1-2H3,(H,17,18). The lowest BCUT2D eigenvalue weighted by atomic mass is 10.2. The SMILES string of the molecule is CN(C)CCCOc1ccc(Br)cc1C=CC(=O)O. The number of nitrogens with zero attached hydrogens (tertiary/aromatic N) is 1. The van der Waals surface area contributed by atoms with Gasteiger partial charge in [-0.1, -0.05) is 15.9 Å². The van der Waals surface area contributed by atoms with Crippen LogP contribution in [0.5, 0.6) is 5.75 Å². The summed E-state index contributed by atoms with van der Waals surface area (Å²) in [5.41, 5.74) is 0.752. The average molecular weight is 328 g/mol. The minimum Gasteiger partial charge on any atom is -0.493 e. The molecule has 0 bridgehead atoms. The Kier molecular flexibility index (Phi) is 6.59. The molecule has 1 aromatic carbocycles. The number of benzene rings is 1. The molecular formula is C14H18BrNO3. The third kappa shape index (κ3) is 6.40. The van der Waals surface area contributed by atoms with Gasteiger partial charge in [-0.25, -0.2) is 4.79 Å². The number of carboxylic acids is 1. The highest BCUT2D eigenvalue weighted by Crippen LogP contribution is 2.24. The molecule has 0 spiro atoms. The summed E-state index contributed by atoms with van der Waals surface area (Å²) in [5, 5.41) is 8.67. The van der Waals surface area contributed by atoms with Gasteiger partial charge in [0.25, 0.3) is 0 Å². The van der Waals surface area contributed by atoms with Gasteiger partial charge in [0.1, 0.15) is 5.75 Å². The topological polar surface area (TPSA) is 49.8 Å². The van der Waals surface area contributed by atoms with Gasteiger partial charge in [-0.3, -0.25) is 0 Å². The lowest BCUT2D eigenvalue weighted by Crippen LogP contribution is -2.15. The first-order chi connectivity index (χ1) is 8.99. The quantitative estimate of drug-likeness (QED) is 0.618.